The smallest absolute Gasteiger partial charge is 0.273 e. The van der Waals surface area contributed by atoms with Gasteiger partial charge < -0.3 is 15.0 Å². The minimum Gasteiger partial charge on any atom is -0.489 e. The number of piperidine rings is 1. The quantitative estimate of drug-likeness (QED) is 0.653. The molecule has 0 aromatic heterocycles. The number of hydrogen-bond donors (Lipinski definition) is 1. The van der Waals surface area contributed by atoms with Gasteiger partial charge in [-0.15, -0.1) is 0 Å². The van der Waals surface area contributed by atoms with Crippen LogP contribution in [0.5, 0.6) is 5.75 Å². The Morgan fingerprint density at radius 2 is 2.04 bits per heavy atom. The zero-order valence-corrected chi connectivity index (χ0v) is 13.1. The largest absolute Gasteiger partial charge is 0.489 e. The van der Waals surface area contributed by atoms with Crippen molar-refractivity contribution in [3.8, 4) is 5.75 Å². The number of nitrogens with zero attached hydrogens (tertiary/aromatic N) is 3. The van der Waals surface area contributed by atoms with Gasteiger partial charge >= 0.3 is 0 Å². The van der Waals surface area contributed by atoms with E-state index in [0.717, 1.165) is 38.4 Å². The molecule has 2 fully saturated rings. The van der Waals surface area contributed by atoms with Gasteiger partial charge in [-0.05, 0) is 32.0 Å². The molecule has 7 nitrogen and oxygen atoms in total. The first-order valence-corrected chi connectivity index (χ1v) is 8.35. The van der Waals surface area contributed by atoms with Crippen LogP contribution in [0, 0.1) is 10.1 Å². The van der Waals surface area contributed by atoms with Gasteiger partial charge in [0.2, 0.25) is 0 Å². The van der Waals surface area contributed by atoms with Crippen LogP contribution in [-0.2, 0) is 0 Å². The molecule has 3 aliphatic heterocycles. The van der Waals surface area contributed by atoms with Crippen molar-refractivity contribution >= 4 is 11.4 Å². The molecular formula is C16H22N4O3. The van der Waals surface area contributed by atoms with Gasteiger partial charge in [-0.25, -0.2) is 0 Å². The third kappa shape index (κ3) is 2.74. The summed E-state index contributed by atoms with van der Waals surface area (Å²) < 4.78 is 5.83. The molecule has 124 valence electrons. The maximum Gasteiger partial charge on any atom is 0.273 e. The average molecular weight is 318 g/mol. The molecule has 4 rings (SSSR count). The Hall–Kier alpha value is -1.86. The maximum absolute atomic E-state index is 10.9. The maximum atomic E-state index is 10.9. The van der Waals surface area contributed by atoms with Gasteiger partial charge in [-0.2, -0.15) is 0 Å². The molecule has 0 amide bonds. The molecule has 0 saturated carbocycles. The van der Waals surface area contributed by atoms with E-state index < -0.39 is 0 Å². The molecule has 0 radical (unpaired) electrons. The summed E-state index contributed by atoms with van der Waals surface area (Å²) in [6, 6.07) is 5.97. The van der Waals surface area contributed by atoms with E-state index in [1.165, 1.54) is 12.8 Å². The molecule has 3 aliphatic rings. The summed E-state index contributed by atoms with van der Waals surface area (Å²) in [5.74, 6) is 0.644. The van der Waals surface area contributed by atoms with Crippen LogP contribution >= 0.6 is 0 Å². The average Bonchev–Trinajstić information content (AvgIpc) is 2.61. The summed E-state index contributed by atoms with van der Waals surface area (Å²) >= 11 is 0. The second kappa shape index (κ2) is 5.98. The number of benzene rings is 1. The highest BCUT2D eigenvalue weighted by Crippen LogP contribution is 2.38. The van der Waals surface area contributed by atoms with Crippen LogP contribution in [0.1, 0.15) is 12.8 Å². The molecule has 3 heterocycles. The lowest BCUT2D eigenvalue weighted by molar-refractivity contribution is -0.384. The minimum absolute atomic E-state index is 0.0931. The third-order valence-corrected chi connectivity index (χ3v) is 5.23. The van der Waals surface area contributed by atoms with Gasteiger partial charge in [-0.3, -0.25) is 15.0 Å². The summed E-state index contributed by atoms with van der Waals surface area (Å²) in [7, 11) is 0. The van der Waals surface area contributed by atoms with E-state index in [2.05, 4.69) is 15.1 Å². The third-order valence-electron chi connectivity index (χ3n) is 5.23. The van der Waals surface area contributed by atoms with Crippen molar-refractivity contribution in [2.45, 2.75) is 24.9 Å². The zero-order valence-electron chi connectivity index (χ0n) is 13.1. The summed E-state index contributed by atoms with van der Waals surface area (Å²) in [6.07, 6.45) is 2.44. The standard InChI is InChI=1S/C16H22N4O3/c21-20(22)13-1-2-15-16(9-13)23-11-14-10-18(7-8-19(14)15)12-3-5-17-6-4-12/h1-2,9,12,14,17H,3-8,10-11H2/t14-/m1/s1. The van der Waals surface area contributed by atoms with Crippen LogP contribution < -0.4 is 15.0 Å². The molecule has 0 unspecified atom stereocenters. The Morgan fingerprint density at radius 3 is 2.83 bits per heavy atom. The fourth-order valence-corrected chi connectivity index (χ4v) is 4.00. The molecule has 7 heteroatoms. The topological polar surface area (TPSA) is 70.9 Å². The van der Waals surface area contributed by atoms with Gasteiger partial charge in [0.25, 0.3) is 5.69 Å². The predicted molar refractivity (Wildman–Crippen MR) is 87.2 cm³/mol. The fourth-order valence-electron chi connectivity index (χ4n) is 4.00. The van der Waals surface area contributed by atoms with Crippen LogP contribution in [-0.4, -0.2) is 61.2 Å². The van der Waals surface area contributed by atoms with Gasteiger partial charge in [0.05, 0.1) is 22.7 Å². The van der Waals surface area contributed by atoms with Crippen LogP contribution in [0.15, 0.2) is 18.2 Å². The molecule has 1 aromatic carbocycles. The lowest BCUT2D eigenvalue weighted by atomic mass is 10.0. The number of hydrogen-bond acceptors (Lipinski definition) is 6. The molecule has 1 atom stereocenters. The van der Waals surface area contributed by atoms with Gasteiger partial charge in [0.1, 0.15) is 12.4 Å². The van der Waals surface area contributed by atoms with E-state index in [1.54, 1.807) is 12.1 Å². The molecular weight excluding hydrogens is 296 g/mol. The highest BCUT2D eigenvalue weighted by Gasteiger charge is 2.35. The van der Waals surface area contributed by atoms with E-state index in [4.69, 9.17) is 4.74 Å². The van der Waals surface area contributed by atoms with E-state index >= 15 is 0 Å². The highest BCUT2D eigenvalue weighted by atomic mass is 16.6. The van der Waals surface area contributed by atoms with Gasteiger partial charge in [0.15, 0.2) is 0 Å². The molecule has 0 spiro atoms. The van der Waals surface area contributed by atoms with E-state index in [1.807, 2.05) is 6.07 Å². The predicted octanol–water partition coefficient (Wildman–Crippen LogP) is 1.23. The van der Waals surface area contributed by atoms with Gasteiger partial charge in [0, 0.05) is 31.7 Å². The lowest BCUT2D eigenvalue weighted by Crippen LogP contribution is -2.60. The van der Waals surface area contributed by atoms with Crippen molar-refractivity contribution < 1.29 is 9.66 Å². The molecule has 23 heavy (non-hydrogen) atoms. The van der Waals surface area contributed by atoms with Crippen molar-refractivity contribution in [3.05, 3.63) is 28.3 Å². The number of ether oxygens (including phenoxy) is 1. The number of fused-ring (bicyclic) bond motifs is 3. The Kier molecular flexibility index (Phi) is 3.82. The van der Waals surface area contributed by atoms with E-state index in [9.17, 15) is 10.1 Å². The SMILES string of the molecule is O=[N+]([O-])c1ccc2c(c1)OC[C@H]1CN(C3CCNCC3)CCN21. The van der Waals surface area contributed by atoms with E-state index in [0.29, 0.717) is 24.4 Å². The number of non-ortho nitro benzene ring substituents is 1. The van der Waals surface area contributed by atoms with Crippen molar-refractivity contribution in [1.29, 1.82) is 0 Å². The number of rotatable bonds is 2. The Labute approximate surface area is 135 Å². The fraction of sp³-hybridized carbons (Fsp3) is 0.625. The molecule has 2 saturated heterocycles. The molecule has 0 aliphatic carbocycles. The van der Waals surface area contributed by atoms with Crippen LogP contribution in [0.4, 0.5) is 11.4 Å². The summed E-state index contributed by atoms with van der Waals surface area (Å²) in [6.45, 7) is 5.86. The molecule has 0 bridgehead atoms. The van der Waals surface area contributed by atoms with Crippen LogP contribution in [0.2, 0.25) is 0 Å². The summed E-state index contributed by atoms with van der Waals surface area (Å²) in [4.78, 5) is 15.5. The number of nitrogens with one attached hydrogen (secondary N) is 1. The number of anilines is 1. The Morgan fingerprint density at radius 1 is 1.22 bits per heavy atom. The first kappa shape index (κ1) is 14.7. The number of nitro groups is 1. The Balaban J connectivity index is 1.50. The van der Waals surface area contributed by atoms with Crippen molar-refractivity contribution in [3.63, 3.8) is 0 Å². The number of nitro benzene ring substituents is 1. The van der Waals surface area contributed by atoms with Crippen LogP contribution in [0.3, 0.4) is 0 Å². The van der Waals surface area contributed by atoms with E-state index in [-0.39, 0.29) is 10.6 Å². The van der Waals surface area contributed by atoms with Crippen molar-refractivity contribution in [2.24, 2.45) is 0 Å². The normalized spacial score (nSPS) is 25.4. The van der Waals surface area contributed by atoms with Crippen molar-refractivity contribution in [2.75, 3.05) is 44.2 Å². The lowest BCUT2D eigenvalue weighted by Gasteiger charge is -2.48. The second-order valence-corrected chi connectivity index (χ2v) is 6.54. The van der Waals surface area contributed by atoms with Crippen LogP contribution in [0.25, 0.3) is 0 Å². The summed E-state index contributed by atoms with van der Waals surface area (Å²) in [5, 5.41) is 14.3. The monoisotopic (exact) mass is 318 g/mol. The highest BCUT2D eigenvalue weighted by molar-refractivity contribution is 5.64. The first-order chi connectivity index (χ1) is 11.2. The van der Waals surface area contributed by atoms with Gasteiger partial charge in [-0.1, -0.05) is 0 Å². The van der Waals surface area contributed by atoms with Crippen molar-refractivity contribution in [1.82, 2.24) is 10.2 Å². The first-order valence-electron chi connectivity index (χ1n) is 8.35. The summed E-state index contributed by atoms with van der Waals surface area (Å²) in [5.41, 5.74) is 1.09. The molecule has 1 aromatic rings. The zero-order chi connectivity index (χ0) is 15.8. The second-order valence-electron chi connectivity index (χ2n) is 6.54. The molecule has 1 N–H and O–H groups in total. The minimum atomic E-state index is -0.370. The Bertz CT molecular complexity index is 603. The number of piperazine rings is 1.